The molecule has 1 atom stereocenters. The molecule has 1 heterocycles. The van der Waals surface area contributed by atoms with E-state index in [9.17, 15) is 0 Å². The van der Waals surface area contributed by atoms with Gasteiger partial charge in [-0.1, -0.05) is 0 Å². The number of guanidine groups is 1. The third-order valence-electron chi connectivity index (χ3n) is 6.22. The van der Waals surface area contributed by atoms with Crippen LogP contribution in [0.4, 0.5) is 0 Å². The molecule has 1 unspecified atom stereocenters. The van der Waals surface area contributed by atoms with E-state index in [1.165, 1.54) is 18.4 Å². The van der Waals surface area contributed by atoms with Crippen LogP contribution in [0.5, 0.6) is 11.5 Å². The predicted molar refractivity (Wildman–Crippen MR) is 121 cm³/mol. The van der Waals surface area contributed by atoms with Gasteiger partial charge >= 0.3 is 0 Å². The van der Waals surface area contributed by atoms with Crippen molar-refractivity contribution in [2.45, 2.75) is 45.2 Å². The number of aliphatic imine (C=N–C) groups is 1. The highest BCUT2D eigenvalue weighted by Gasteiger charge is 2.42. The summed E-state index contributed by atoms with van der Waals surface area (Å²) in [5.74, 6) is 2.58. The first-order valence-electron chi connectivity index (χ1n) is 11.1. The van der Waals surface area contributed by atoms with Gasteiger partial charge < -0.3 is 24.8 Å². The van der Waals surface area contributed by atoms with Crippen LogP contribution in [0.25, 0.3) is 0 Å². The zero-order valence-corrected chi connectivity index (χ0v) is 19.0. The quantitative estimate of drug-likeness (QED) is 0.327. The van der Waals surface area contributed by atoms with E-state index < -0.39 is 0 Å². The average Bonchev–Trinajstić information content (AvgIpc) is 3.40. The summed E-state index contributed by atoms with van der Waals surface area (Å²) in [6.07, 6.45) is 4.81. The number of benzene rings is 1. The molecule has 2 aliphatic rings. The van der Waals surface area contributed by atoms with Crippen molar-refractivity contribution in [3.8, 4) is 11.5 Å². The SMILES string of the molecule is CCOCCC1(CNC(=NC)NC2CCN(Cc3cc(OC)cc(OC)c3)C2)CC1. The fraction of sp³-hybridized carbons (Fsp3) is 0.696. The van der Waals surface area contributed by atoms with E-state index >= 15 is 0 Å². The first-order valence-corrected chi connectivity index (χ1v) is 11.1. The molecular formula is C23H38N4O3. The van der Waals surface area contributed by atoms with Crippen molar-refractivity contribution in [1.29, 1.82) is 0 Å². The van der Waals surface area contributed by atoms with Crippen LogP contribution in [0.15, 0.2) is 23.2 Å². The van der Waals surface area contributed by atoms with E-state index in [4.69, 9.17) is 14.2 Å². The van der Waals surface area contributed by atoms with E-state index in [-0.39, 0.29) is 0 Å². The Labute approximate surface area is 181 Å². The zero-order valence-electron chi connectivity index (χ0n) is 19.0. The standard InChI is InChI=1S/C23H38N4O3/c1-5-30-11-9-23(7-8-23)17-25-22(24-2)26-19-6-10-27(16-19)15-18-12-20(28-3)14-21(13-18)29-4/h12-14,19H,5-11,15-17H2,1-4H3,(H2,24,25,26). The van der Waals surface area contributed by atoms with Gasteiger partial charge in [0.05, 0.1) is 14.2 Å². The van der Waals surface area contributed by atoms with Gasteiger partial charge in [0.2, 0.25) is 0 Å². The molecule has 1 aromatic carbocycles. The lowest BCUT2D eigenvalue weighted by Crippen LogP contribution is -2.46. The molecule has 30 heavy (non-hydrogen) atoms. The van der Waals surface area contributed by atoms with E-state index in [1.54, 1.807) is 14.2 Å². The first kappa shape index (κ1) is 22.7. The Kier molecular flexibility index (Phi) is 8.22. The molecule has 7 heteroatoms. The topological polar surface area (TPSA) is 67.4 Å². The van der Waals surface area contributed by atoms with Gasteiger partial charge in [0.25, 0.3) is 0 Å². The minimum atomic E-state index is 0.403. The van der Waals surface area contributed by atoms with Crippen LogP contribution >= 0.6 is 0 Å². The van der Waals surface area contributed by atoms with Gasteiger partial charge in [-0.3, -0.25) is 9.89 Å². The van der Waals surface area contributed by atoms with Crippen molar-refractivity contribution in [2.75, 3.05) is 54.1 Å². The van der Waals surface area contributed by atoms with Gasteiger partial charge in [-0.15, -0.1) is 0 Å². The number of rotatable bonds is 11. The average molecular weight is 419 g/mol. The van der Waals surface area contributed by atoms with Crippen LogP contribution in [0.2, 0.25) is 0 Å². The highest BCUT2D eigenvalue weighted by molar-refractivity contribution is 5.80. The maximum atomic E-state index is 5.54. The van der Waals surface area contributed by atoms with E-state index in [2.05, 4.69) is 39.6 Å². The molecular weight excluding hydrogens is 380 g/mol. The molecule has 0 aromatic heterocycles. The summed E-state index contributed by atoms with van der Waals surface area (Å²) in [6, 6.07) is 6.48. The highest BCUT2D eigenvalue weighted by Crippen LogP contribution is 2.48. The van der Waals surface area contributed by atoms with E-state index in [1.807, 2.05) is 13.1 Å². The van der Waals surface area contributed by atoms with Crippen molar-refractivity contribution in [3.63, 3.8) is 0 Å². The largest absolute Gasteiger partial charge is 0.497 e. The summed E-state index contributed by atoms with van der Waals surface area (Å²) in [4.78, 5) is 6.91. The minimum Gasteiger partial charge on any atom is -0.497 e. The molecule has 1 aromatic rings. The second kappa shape index (κ2) is 10.9. The van der Waals surface area contributed by atoms with Crippen molar-refractivity contribution in [3.05, 3.63) is 23.8 Å². The minimum absolute atomic E-state index is 0.403. The molecule has 0 bridgehead atoms. The lowest BCUT2D eigenvalue weighted by atomic mass is 10.0. The van der Waals surface area contributed by atoms with E-state index in [0.29, 0.717) is 11.5 Å². The molecule has 0 radical (unpaired) electrons. The second-order valence-electron chi connectivity index (χ2n) is 8.46. The molecule has 7 nitrogen and oxygen atoms in total. The molecule has 168 valence electrons. The Hall–Kier alpha value is -1.99. The number of hydrogen-bond acceptors (Lipinski definition) is 5. The molecule has 3 rings (SSSR count). The molecule has 1 aliphatic heterocycles. The summed E-state index contributed by atoms with van der Waals surface area (Å²) in [5.41, 5.74) is 1.61. The summed E-state index contributed by atoms with van der Waals surface area (Å²) in [7, 11) is 5.23. The summed E-state index contributed by atoms with van der Waals surface area (Å²) in [6.45, 7) is 7.63. The molecule has 0 spiro atoms. The maximum Gasteiger partial charge on any atom is 0.191 e. The number of likely N-dealkylation sites (tertiary alicyclic amines) is 1. The Morgan fingerprint density at radius 1 is 1.20 bits per heavy atom. The Bertz CT molecular complexity index is 683. The van der Waals surface area contributed by atoms with Crippen LogP contribution < -0.4 is 20.1 Å². The normalized spacial score (nSPS) is 20.8. The van der Waals surface area contributed by atoms with Gasteiger partial charge in [0.1, 0.15) is 11.5 Å². The monoisotopic (exact) mass is 418 g/mol. The van der Waals surface area contributed by atoms with Gasteiger partial charge in [0.15, 0.2) is 5.96 Å². The number of methoxy groups -OCH3 is 2. The van der Waals surface area contributed by atoms with Gasteiger partial charge in [-0.05, 0) is 55.7 Å². The van der Waals surface area contributed by atoms with Crippen molar-refractivity contribution >= 4 is 5.96 Å². The summed E-state index contributed by atoms with van der Waals surface area (Å²) in [5, 5.41) is 7.16. The zero-order chi connectivity index (χ0) is 21.4. The summed E-state index contributed by atoms with van der Waals surface area (Å²) < 4.78 is 16.3. The molecule has 2 fully saturated rings. The van der Waals surface area contributed by atoms with Crippen molar-refractivity contribution < 1.29 is 14.2 Å². The van der Waals surface area contributed by atoms with Crippen LogP contribution in [0, 0.1) is 5.41 Å². The Morgan fingerprint density at radius 2 is 1.93 bits per heavy atom. The fourth-order valence-electron chi connectivity index (χ4n) is 4.09. The first-order chi connectivity index (χ1) is 14.6. The van der Waals surface area contributed by atoms with Crippen LogP contribution in [-0.4, -0.2) is 71.0 Å². The molecule has 0 amide bonds. The third-order valence-corrected chi connectivity index (χ3v) is 6.22. The number of hydrogen-bond donors (Lipinski definition) is 2. The third kappa shape index (κ3) is 6.51. The number of nitrogens with zero attached hydrogens (tertiary/aromatic N) is 2. The number of ether oxygens (including phenoxy) is 3. The second-order valence-corrected chi connectivity index (χ2v) is 8.46. The van der Waals surface area contributed by atoms with Crippen LogP contribution in [0.3, 0.4) is 0 Å². The lowest BCUT2D eigenvalue weighted by Gasteiger charge is -2.21. The summed E-state index contributed by atoms with van der Waals surface area (Å²) >= 11 is 0. The van der Waals surface area contributed by atoms with Crippen LogP contribution in [0.1, 0.15) is 38.2 Å². The van der Waals surface area contributed by atoms with Crippen molar-refractivity contribution in [2.24, 2.45) is 10.4 Å². The smallest absolute Gasteiger partial charge is 0.191 e. The lowest BCUT2D eigenvalue weighted by molar-refractivity contribution is 0.128. The Balaban J connectivity index is 1.45. The maximum absolute atomic E-state index is 5.54. The van der Waals surface area contributed by atoms with E-state index in [0.717, 1.165) is 69.7 Å². The van der Waals surface area contributed by atoms with Gasteiger partial charge in [-0.2, -0.15) is 0 Å². The van der Waals surface area contributed by atoms with Crippen LogP contribution in [-0.2, 0) is 11.3 Å². The van der Waals surface area contributed by atoms with Gasteiger partial charge in [-0.25, -0.2) is 0 Å². The Morgan fingerprint density at radius 3 is 2.53 bits per heavy atom. The van der Waals surface area contributed by atoms with Crippen molar-refractivity contribution in [1.82, 2.24) is 15.5 Å². The molecule has 1 saturated carbocycles. The molecule has 1 aliphatic carbocycles. The predicted octanol–water partition coefficient (Wildman–Crippen LogP) is 2.65. The van der Waals surface area contributed by atoms with Gasteiger partial charge in [0, 0.05) is 58.5 Å². The highest BCUT2D eigenvalue weighted by atomic mass is 16.5. The number of nitrogens with one attached hydrogen (secondary N) is 2. The fourth-order valence-corrected chi connectivity index (χ4v) is 4.09. The molecule has 1 saturated heterocycles. The molecule has 2 N–H and O–H groups in total.